The van der Waals surface area contributed by atoms with Gasteiger partial charge in [-0.1, -0.05) is 6.07 Å². The van der Waals surface area contributed by atoms with E-state index >= 15 is 0 Å². The lowest BCUT2D eigenvalue weighted by atomic mass is 10.1. The van der Waals surface area contributed by atoms with Gasteiger partial charge in [-0.05, 0) is 29.6 Å². The number of nitro benzene ring substituents is 1. The average Bonchev–Trinajstić information content (AvgIpc) is 3.01. The van der Waals surface area contributed by atoms with E-state index in [0.717, 1.165) is 0 Å². The molecule has 3 rings (SSSR count). The molecule has 7 heteroatoms. The number of pyridine rings is 1. The van der Waals surface area contributed by atoms with Crippen molar-refractivity contribution in [2.24, 2.45) is 0 Å². The van der Waals surface area contributed by atoms with E-state index in [4.69, 9.17) is 0 Å². The van der Waals surface area contributed by atoms with Gasteiger partial charge in [-0.25, -0.2) is 0 Å². The van der Waals surface area contributed by atoms with Crippen molar-refractivity contribution < 1.29 is 9.72 Å². The third kappa shape index (κ3) is 2.46. The van der Waals surface area contributed by atoms with Gasteiger partial charge >= 0.3 is 0 Å². The summed E-state index contributed by atoms with van der Waals surface area (Å²) in [6.45, 7) is 0. The quantitative estimate of drug-likeness (QED) is 0.593. The number of anilines is 1. The first kappa shape index (κ1) is 13.2. The number of nitrogens with one attached hydrogen (secondary N) is 1. The Bertz CT molecular complexity index is 831. The SMILES string of the molecule is O=C(Nc1ccc([N+](=O)[O-])c2cccnc12)c1cccs1. The second kappa shape index (κ2) is 5.29. The Morgan fingerprint density at radius 3 is 2.81 bits per heavy atom. The van der Waals surface area contributed by atoms with Crippen LogP contribution >= 0.6 is 11.3 Å². The van der Waals surface area contributed by atoms with Crippen LogP contribution in [-0.4, -0.2) is 15.8 Å². The zero-order valence-electron chi connectivity index (χ0n) is 10.6. The highest BCUT2D eigenvalue weighted by Crippen LogP contribution is 2.30. The summed E-state index contributed by atoms with van der Waals surface area (Å²) in [5, 5.41) is 16.0. The number of nitro groups is 1. The van der Waals surface area contributed by atoms with Crippen LogP contribution in [0.2, 0.25) is 0 Å². The molecule has 3 aromatic rings. The third-order valence-corrected chi connectivity index (χ3v) is 3.81. The van der Waals surface area contributed by atoms with Crippen LogP contribution in [0.15, 0.2) is 48.0 Å². The smallest absolute Gasteiger partial charge is 0.278 e. The Morgan fingerprint density at radius 1 is 1.24 bits per heavy atom. The fraction of sp³-hybridized carbons (Fsp3) is 0. The van der Waals surface area contributed by atoms with E-state index in [1.165, 1.54) is 29.7 Å². The summed E-state index contributed by atoms with van der Waals surface area (Å²) in [7, 11) is 0. The first-order valence-corrected chi connectivity index (χ1v) is 6.92. The number of thiophene rings is 1. The second-order valence-electron chi connectivity index (χ2n) is 4.22. The van der Waals surface area contributed by atoms with Crippen molar-refractivity contribution in [3.8, 4) is 0 Å². The molecule has 0 aliphatic rings. The van der Waals surface area contributed by atoms with Crippen LogP contribution in [0.1, 0.15) is 9.67 Å². The molecule has 0 spiro atoms. The van der Waals surface area contributed by atoms with Crippen molar-refractivity contribution in [2.45, 2.75) is 0 Å². The molecule has 0 unspecified atom stereocenters. The summed E-state index contributed by atoms with van der Waals surface area (Å²) < 4.78 is 0. The number of carbonyl (C=O) groups is 1. The Morgan fingerprint density at radius 2 is 2.10 bits per heavy atom. The number of non-ortho nitro benzene ring substituents is 1. The summed E-state index contributed by atoms with van der Waals surface area (Å²) in [6, 6.07) is 9.60. The van der Waals surface area contributed by atoms with E-state index in [9.17, 15) is 14.9 Å². The minimum Gasteiger partial charge on any atom is -0.319 e. The molecule has 2 aromatic heterocycles. The minimum atomic E-state index is -0.463. The first-order chi connectivity index (χ1) is 10.2. The van der Waals surface area contributed by atoms with Gasteiger partial charge in [0.25, 0.3) is 11.6 Å². The average molecular weight is 299 g/mol. The van der Waals surface area contributed by atoms with E-state index in [-0.39, 0.29) is 11.6 Å². The molecular weight excluding hydrogens is 290 g/mol. The van der Waals surface area contributed by atoms with Crippen LogP contribution in [0.4, 0.5) is 11.4 Å². The number of hydrogen-bond acceptors (Lipinski definition) is 5. The molecule has 1 N–H and O–H groups in total. The Balaban J connectivity index is 2.06. The molecule has 6 nitrogen and oxygen atoms in total. The molecule has 0 saturated carbocycles. The highest BCUT2D eigenvalue weighted by Gasteiger charge is 2.16. The molecule has 0 saturated heterocycles. The lowest BCUT2D eigenvalue weighted by Gasteiger charge is -2.07. The lowest BCUT2D eigenvalue weighted by Crippen LogP contribution is -2.10. The zero-order valence-corrected chi connectivity index (χ0v) is 11.5. The van der Waals surface area contributed by atoms with Crippen LogP contribution in [-0.2, 0) is 0 Å². The number of benzene rings is 1. The van der Waals surface area contributed by atoms with Gasteiger partial charge in [0, 0.05) is 12.3 Å². The Labute approximate surface area is 123 Å². The molecule has 0 radical (unpaired) electrons. The predicted octanol–water partition coefficient (Wildman–Crippen LogP) is 3.46. The van der Waals surface area contributed by atoms with Crippen molar-refractivity contribution in [1.29, 1.82) is 0 Å². The van der Waals surface area contributed by atoms with E-state index in [0.29, 0.717) is 21.5 Å². The molecule has 2 heterocycles. The van der Waals surface area contributed by atoms with E-state index in [2.05, 4.69) is 10.3 Å². The van der Waals surface area contributed by atoms with E-state index in [1.54, 1.807) is 29.6 Å². The standard InChI is InChI=1S/C14H9N3O3S/c18-14(12-4-2-8-21-12)16-10-5-6-11(17(19)20)9-3-1-7-15-13(9)10/h1-8H,(H,16,18). The predicted molar refractivity (Wildman–Crippen MR) is 80.7 cm³/mol. The normalized spacial score (nSPS) is 10.5. The number of nitrogens with zero attached hydrogens (tertiary/aromatic N) is 2. The van der Waals surface area contributed by atoms with Gasteiger partial charge in [-0.15, -0.1) is 11.3 Å². The monoisotopic (exact) mass is 299 g/mol. The van der Waals surface area contributed by atoms with Crippen molar-refractivity contribution in [3.05, 3.63) is 63.0 Å². The summed E-state index contributed by atoms with van der Waals surface area (Å²) in [5.74, 6) is -0.259. The van der Waals surface area contributed by atoms with Crippen molar-refractivity contribution in [3.63, 3.8) is 0 Å². The second-order valence-corrected chi connectivity index (χ2v) is 5.17. The third-order valence-electron chi connectivity index (χ3n) is 2.94. The molecule has 0 aliphatic heterocycles. The van der Waals surface area contributed by atoms with Crippen LogP contribution in [0.3, 0.4) is 0 Å². The molecule has 21 heavy (non-hydrogen) atoms. The molecule has 0 fully saturated rings. The number of amides is 1. The fourth-order valence-electron chi connectivity index (χ4n) is 2.01. The van der Waals surface area contributed by atoms with Gasteiger partial charge in [0.05, 0.1) is 20.9 Å². The molecule has 1 amide bonds. The number of carbonyl (C=O) groups excluding carboxylic acids is 1. The lowest BCUT2D eigenvalue weighted by molar-refractivity contribution is -0.383. The molecule has 0 atom stereocenters. The fourth-order valence-corrected chi connectivity index (χ4v) is 2.63. The van der Waals surface area contributed by atoms with Crippen molar-refractivity contribution >= 4 is 39.5 Å². The van der Waals surface area contributed by atoms with Gasteiger partial charge in [0.2, 0.25) is 0 Å². The maximum atomic E-state index is 12.1. The molecule has 104 valence electrons. The Hall–Kier alpha value is -2.80. The molecule has 0 aliphatic carbocycles. The summed E-state index contributed by atoms with van der Waals surface area (Å²) >= 11 is 1.32. The van der Waals surface area contributed by atoms with E-state index in [1.807, 2.05) is 0 Å². The number of rotatable bonds is 3. The largest absolute Gasteiger partial charge is 0.319 e. The van der Waals surface area contributed by atoms with Gasteiger partial charge in [-0.2, -0.15) is 0 Å². The highest BCUT2D eigenvalue weighted by molar-refractivity contribution is 7.12. The van der Waals surface area contributed by atoms with Crippen LogP contribution < -0.4 is 5.32 Å². The van der Waals surface area contributed by atoms with Crippen LogP contribution in [0, 0.1) is 10.1 Å². The van der Waals surface area contributed by atoms with Gasteiger partial charge in [0.1, 0.15) is 5.52 Å². The topological polar surface area (TPSA) is 85.1 Å². The minimum absolute atomic E-state index is 0.0350. The highest BCUT2D eigenvalue weighted by atomic mass is 32.1. The van der Waals surface area contributed by atoms with Gasteiger partial charge in [0.15, 0.2) is 0 Å². The van der Waals surface area contributed by atoms with Crippen molar-refractivity contribution in [1.82, 2.24) is 4.98 Å². The maximum absolute atomic E-state index is 12.1. The summed E-state index contributed by atoms with van der Waals surface area (Å²) in [5.41, 5.74) is 0.818. The number of hydrogen-bond donors (Lipinski definition) is 1. The number of aromatic nitrogens is 1. The maximum Gasteiger partial charge on any atom is 0.278 e. The first-order valence-electron chi connectivity index (χ1n) is 6.04. The number of fused-ring (bicyclic) bond motifs is 1. The van der Waals surface area contributed by atoms with Crippen LogP contribution in [0.5, 0.6) is 0 Å². The molecule has 0 bridgehead atoms. The summed E-state index contributed by atoms with van der Waals surface area (Å²) in [4.78, 5) is 27.3. The summed E-state index contributed by atoms with van der Waals surface area (Å²) in [6.07, 6.45) is 1.53. The van der Waals surface area contributed by atoms with Crippen molar-refractivity contribution in [2.75, 3.05) is 5.32 Å². The molecular formula is C14H9N3O3S. The van der Waals surface area contributed by atoms with Gasteiger partial charge in [-0.3, -0.25) is 19.9 Å². The van der Waals surface area contributed by atoms with Gasteiger partial charge < -0.3 is 5.32 Å². The zero-order chi connectivity index (χ0) is 14.8. The molecule has 1 aromatic carbocycles. The Kier molecular flexibility index (Phi) is 3.33. The van der Waals surface area contributed by atoms with E-state index < -0.39 is 4.92 Å². The van der Waals surface area contributed by atoms with Crippen LogP contribution in [0.25, 0.3) is 10.9 Å².